The molecule has 7 nitrogen and oxygen atoms in total. The lowest BCUT2D eigenvalue weighted by molar-refractivity contribution is -0.385. The number of hydrogen-bond acceptors (Lipinski definition) is 5. The van der Waals surface area contributed by atoms with Gasteiger partial charge in [-0.3, -0.25) is 14.8 Å². The quantitative estimate of drug-likeness (QED) is 0.619. The summed E-state index contributed by atoms with van der Waals surface area (Å²) in [5.41, 5.74) is 1.35. The van der Waals surface area contributed by atoms with Gasteiger partial charge in [-0.25, -0.2) is 8.42 Å². The van der Waals surface area contributed by atoms with Crippen molar-refractivity contribution in [3.05, 3.63) is 57.4 Å². The number of aryl methyl sites for hydroxylation is 1. The van der Waals surface area contributed by atoms with Crippen molar-refractivity contribution in [3.8, 4) is 0 Å². The van der Waals surface area contributed by atoms with Gasteiger partial charge >= 0.3 is 0 Å². The lowest BCUT2D eigenvalue weighted by atomic mass is 10.1. The molecule has 0 radical (unpaired) electrons. The van der Waals surface area contributed by atoms with Crippen LogP contribution < -0.4 is 0 Å². The molecule has 1 heterocycles. The Labute approximate surface area is 122 Å². The van der Waals surface area contributed by atoms with Crippen LogP contribution in [0.3, 0.4) is 0 Å². The second-order valence-corrected chi connectivity index (χ2v) is 6.86. The molecule has 0 aliphatic carbocycles. The van der Waals surface area contributed by atoms with Crippen molar-refractivity contribution in [2.45, 2.75) is 18.4 Å². The number of nitrogens with zero attached hydrogens (tertiary/aromatic N) is 3. The summed E-state index contributed by atoms with van der Waals surface area (Å²) in [6.07, 6.45) is 1.53. The van der Waals surface area contributed by atoms with Gasteiger partial charge in [0, 0.05) is 24.9 Å². The molecule has 21 heavy (non-hydrogen) atoms. The summed E-state index contributed by atoms with van der Waals surface area (Å²) in [5, 5.41) is 14.8. The summed E-state index contributed by atoms with van der Waals surface area (Å²) in [5.74, 6) is -0.378. The molecular weight excluding hydrogens is 294 g/mol. The van der Waals surface area contributed by atoms with Crippen molar-refractivity contribution in [3.63, 3.8) is 0 Å². The summed E-state index contributed by atoms with van der Waals surface area (Å²) in [4.78, 5) is 10.4. The smallest absolute Gasteiger partial charge is 0.272 e. The van der Waals surface area contributed by atoms with Crippen LogP contribution in [0, 0.1) is 17.0 Å². The van der Waals surface area contributed by atoms with E-state index in [2.05, 4.69) is 5.10 Å². The molecule has 0 spiro atoms. The molecule has 2 aromatic rings. The van der Waals surface area contributed by atoms with Crippen molar-refractivity contribution in [1.29, 1.82) is 0 Å². The van der Waals surface area contributed by atoms with E-state index in [1.165, 1.54) is 23.0 Å². The SMILES string of the molecule is Cc1c(CS(=O)(=O)Cc2ccnn2C)cccc1[N+](=O)[O-]. The van der Waals surface area contributed by atoms with Crippen LogP contribution in [-0.2, 0) is 28.4 Å². The van der Waals surface area contributed by atoms with E-state index in [0.717, 1.165) is 0 Å². The van der Waals surface area contributed by atoms with Crippen LogP contribution >= 0.6 is 0 Å². The van der Waals surface area contributed by atoms with Gasteiger partial charge in [-0.2, -0.15) is 5.10 Å². The van der Waals surface area contributed by atoms with E-state index < -0.39 is 14.8 Å². The maximum absolute atomic E-state index is 12.2. The van der Waals surface area contributed by atoms with E-state index >= 15 is 0 Å². The average Bonchev–Trinajstić information content (AvgIpc) is 2.76. The van der Waals surface area contributed by atoms with Gasteiger partial charge in [0.05, 0.1) is 22.1 Å². The van der Waals surface area contributed by atoms with Crippen molar-refractivity contribution < 1.29 is 13.3 Å². The molecule has 0 N–H and O–H groups in total. The fourth-order valence-corrected chi connectivity index (χ4v) is 3.70. The van der Waals surface area contributed by atoms with E-state index in [0.29, 0.717) is 16.8 Å². The molecule has 0 saturated heterocycles. The number of nitro groups is 1. The third-order valence-electron chi connectivity index (χ3n) is 3.28. The van der Waals surface area contributed by atoms with Crippen LogP contribution in [0.25, 0.3) is 0 Å². The lowest BCUT2D eigenvalue weighted by Gasteiger charge is -2.08. The highest BCUT2D eigenvalue weighted by Gasteiger charge is 2.20. The molecule has 0 atom stereocenters. The maximum atomic E-state index is 12.2. The Morgan fingerprint density at radius 1 is 1.29 bits per heavy atom. The number of hydrogen-bond donors (Lipinski definition) is 0. The maximum Gasteiger partial charge on any atom is 0.272 e. The van der Waals surface area contributed by atoms with Crippen LogP contribution in [0.4, 0.5) is 5.69 Å². The number of nitro benzene ring substituents is 1. The minimum atomic E-state index is -3.43. The molecule has 0 aliphatic heterocycles. The van der Waals surface area contributed by atoms with Crippen LogP contribution in [0.2, 0.25) is 0 Å². The van der Waals surface area contributed by atoms with Crippen molar-refractivity contribution in [2.24, 2.45) is 7.05 Å². The highest BCUT2D eigenvalue weighted by Crippen LogP contribution is 2.23. The topological polar surface area (TPSA) is 95.1 Å². The van der Waals surface area contributed by atoms with Crippen molar-refractivity contribution in [2.75, 3.05) is 0 Å². The minimum absolute atomic E-state index is 0.0665. The van der Waals surface area contributed by atoms with Crippen LogP contribution in [0.1, 0.15) is 16.8 Å². The molecule has 0 saturated carbocycles. The van der Waals surface area contributed by atoms with Gasteiger partial charge in [0.2, 0.25) is 0 Å². The second-order valence-electron chi connectivity index (χ2n) is 4.80. The molecular formula is C13H15N3O4S. The first-order chi connectivity index (χ1) is 9.80. The molecule has 1 aromatic heterocycles. The van der Waals surface area contributed by atoms with Gasteiger partial charge in [-0.1, -0.05) is 12.1 Å². The second kappa shape index (κ2) is 5.65. The standard InChI is InChI=1S/C13H15N3O4S/c1-10-11(4-3-5-13(10)16(17)18)8-21(19,20)9-12-6-7-14-15(12)2/h3-7H,8-9H2,1-2H3. The fraction of sp³-hybridized carbons (Fsp3) is 0.308. The van der Waals surface area contributed by atoms with Crippen LogP contribution in [0.5, 0.6) is 0 Å². The molecule has 0 amide bonds. The summed E-state index contributed by atoms with van der Waals surface area (Å²) in [6.45, 7) is 1.56. The van der Waals surface area contributed by atoms with Crippen LogP contribution in [-0.4, -0.2) is 23.1 Å². The van der Waals surface area contributed by atoms with E-state index in [1.807, 2.05) is 0 Å². The van der Waals surface area contributed by atoms with Gasteiger partial charge in [0.25, 0.3) is 5.69 Å². The summed E-state index contributed by atoms with van der Waals surface area (Å²) in [7, 11) is -1.76. The van der Waals surface area contributed by atoms with E-state index in [9.17, 15) is 18.5 Å². The van der Waals surface area contributed by atoms with Crippen molar-refractivity contribution in [1.82, 2.24) is 9.78 Å². The minimum Gasteiger partial charge on any atom is -0.272 e. The van der Waals surface area contributed by atoms with Gasteiger partial charge in [-0.15, -0.1) is 0 Å². The first-order valence-electron chi connectivity index (χ1n) is 6.20. The van der Waals surface area contributed by atoms with Gasteiger partial charge in [0.1, 0.15) is 0 Å². The van der Waals surface area contributed by atoms with E-state index in [4.69, 9.17) is 0 Å². The zero-order valence-electron chi connectivity index (χ0n) is 11.7. The first kappa shape index (κ1) is 15.2. The highest BCUT2D eigenvalue weighted by molar-refractivity contribution is 7.89. The lowest BCUT2D eigenvalue weighted by Crippen LogP contribution is -2.12. The highest BCUT2D eigenvalue weighted by atomic mass is 32.2. The third-order valence-corrected chi connectivity index (χ3v) is 4.77. The van der Waals surface area contributed by atoms with E-state index in [-0.39, 0.29) is 17.2 Å². The van der Waals surface area contributed by atoms with Gasteiger partial charge in [-0.05, 0) is 18.6 Å². The molecule has 0 aliphatic rings. The molecule has 0 unspecified atom stereocenters. The Morgan fingerprint density at radius 2 is 2.00 bits per heavy atom. The van der Waals surface area contributed by atoms with Crippen molar-refractivity contribution >= 4 is 15.5 Å². The summed E-state index contributed by atoms with van der Waals surface area (Å²) in [6, 6.07) is 6.10. The third kappa shape index (κ3) is 3.46. The average molecular weight is 309 g/mol. The zero-order chi connectivity index (χ0) is 15.6. The molecule has 8 heteroatoms. The Kier molecular flexibility index (Phi) is 4.08. The van der Waals surface area contributed by atoms with Gasteiger partial charge in [0.15, 0.2) is 9.84 Å². The zero-order valence-corrected chi connectivity index (χ0v) is 12.5. The Balaban J connectivity index is 2.27. The molecule has 2 rings (SSSR count). The molecule has 112 valence electrons. The fourth-order valence-electron chi connectivity index (χ4n) is 2.08. The van der Waals surface area contributed by atoms with E-state index in [1.54, 1.807) is 26.1 Å². The van der Waals surface area contributed by atoms with Crippen LogP contribution in [0.15, 0.2) is 30.5 Å². The normalized spacial score (nSPS) is 11.5. The monoisotopic (exact) mass is 309 g/mol. The Hall–Kier alpha value is -2.22. The molecule has 1 aromatic carbocycles. The number of benzene rings is 1. The predicted octanol–water partition coefficient (Wildman–Crippen LogP) is 1.75. The molecule has 0 fully saturated rings. The number of aromatic nitrogens is 2. The number of sulfone groups is 1. The summed E-state index contributed by atoms with van der Waals surface area (Å²) >= 11 is 0. The summed E-state index contributed by atoms with van der Waals surface area (Å²) < 4.78 is 26.0. The first-order valence-corrected chi connectivity index (χ1v) is 8.02. The largest absolute Gasteiger partial charge is 0.272 e. The Morgan fingerprint density at radius 3 is 2.57 bits per heavy atom. The van der Waals surface area contributed by atoms with Gasteiger partial charge < -0.3 is 0 Å². The Bertz CT molecular complexity index is 780. The molecule has 0 bridgehead atoms. The number of rotatable bonds is 5. The predicted molar refractivity (Wildman–Crippen MR) is 77.4 cm³/mol.